The van der Waals surface area contributed by atoms with Crippen LogP contribution in [0.1, 0.15) is 17.0 Å². The third-order valence-electron chi connectivity index (χ3n) is 3.63. The Balaban J connectivity index is 1.61. The van der Waals surface area contributed by atoms with E-state index in [0.29, 0.717) is 17.3 Å². The Morgan fingerprint density at radius 3 is 2.60 bits per heavy atom. The van der Waals surface area contributed by atoms with Gasteiger partial charge in [-0.15, -0.1) is 5.10 Å². The fraction of sp³-hybridized carbons (Fsp3) is 0.250. The molecule has 1 aromatic carbocycles. The Morgan fingerprint density at radius 2 is 1.96 bits per heavy atom. The second-order valence-corrected chi connectivity index (χ2v) is 5.96. The van der Waals surface area contributed by atoms with Gasteiger partial charge >= 0.3 is 0 Å². The van der Waals surface area contributed by atoms with Crippen molar-refractivity contribution in [1.82, 2.24) is 24.5 Å². The molecular formula is C16H16ClFN6O. The Kier molecular flexibility index (Phi) is 4.80. The molecule has 0 saturated heterocycles. The SMILES string of the molecule is Cc1nn(CC(=O)Nc2ncn(Cc3ccc(F)cc3)n2)c(C)c1Cl. The van der Waals surface area contributed by atoms with Crippen molar-refractivity contribution in [2.24, 2.45) is 0 Å². The van der Waals surface area contributed by atoms with E-state index in [9.17, 15) is 9.18 Å². The van der Waals surface area contributed by atoms with Crippen molar-refractivity contribution in [2.75, 3.05) is 5.32 Å². The van der Waals surface area contributed by atoms with Gasteiger partial charge in [0, 0.05) is 0 Å². The molecule has 3 aromatic rings. The van der Waals surface area contributed by atoms with Crippen molar-refractivity contribution in [2.45, 2.75) is 26.9 Å². The average molecular weight is 363 g/mol. The van der Waals surface area contributed by atoms with Crippen LogP contribution in [0.5, 0.6) is 0 Å². The molecule has 0 aliphatic heterocycles. The number of hydrogen-bond donors (Lipinski definition) is 1. The van der Waals surface area contributed by atoms with Gasteiger partial charge in [-0.1, -0.05) is 23.7 Å². The highest BCUT2D eigenvalue weighted by Crippen LogP contribution is 2.18. The average Bonchev–Trinajstić information content (AvgIpc) is 3.10. The van der Waals surface area contributed by atoms with E-state index < -0.39 is 0 Å². The number of aryl methyl sites for hydroxylation is 1. The minimum Gasteiger partial charge on any atom is -0.292 e. The maximum absolute atomic E-state index is 12.9. The summed E-state index contributed by atoms with van der Waals surface area (Å²) < 4.78 is 16.0. The molecule has 0 spiro atoms. The number of benzene rings is 1. The van der Waals surface area contributed by atoms with Gasteiger partial charge in [-0.2, -0.15) is 5.10 Å². The van der Waals surface area contributed by atoms with Crippen LogP contribution < -0.4 is 5.32 Å². The van der Waals surface area contributed by atoms with Gasteiger partial charge in [0.25, 0.3) is 0 Å². The topological polar surface area (TPSA) is 77.6 Å². The Hall–Kier alpha value is -2.74. The lowest BCUT2D eigenvalue weighted by Crippen LogP contribution is -2.21. The molecule has 3 rings (SSSR count). The number of nitrogens with zero attached hydrogens (tertiary/aromatic N) is 5. The molecule has 2 heterocycles. The zero-order valence-electron chi connectivity index (χ0n) is 13.7. The van der Waals surface area contributed by atoms with Crippen LogP contribution in [-0.4, -0.2) is 30.5 Å². The molecule has 1 N–H and O–H groups in total. The fourth-order valence-corrected chi connectivity index (χ4v) is 2.47. The van der Waals surface area contributed by atoms with Gasteiger partial charge in [-0.3, -0.25) is 14.8 Å². The molecule has 25 heavy (non-hydrogen) atoms. The third-order valence-corrected chi connectivity index (χ3v) is 4.18. The highest BCUT2D eigenvalue weighted by molar-refractivity contribution is 6.31. The van der Waals surface area contributed by atoms with Crippen LogP contribution >= 0.6 is 11.6 Å². The van der Waals surface area contributed by atoms with Crippen molar-refractivity contribution in [3.8, 4) is 0 Å². The van der Waals surface area contributed by atoms with Gasteiger partial charge in [0.15, 0.2) is 0 Å². The molecule has 0 unspecified atom stereocenters. The monoisotopic (exact) mass is 362 g/mol. The number of rotatable bonds is 5. The molecule has 0 fully saturated rings. The number of carbonyl (C=O) groups is 1. The van der Waals surface area contributed by atoms with Crippen molar-refractivity contribution in [3.63, 3.8) is 0 Å². The third kappa shape index (κ3) is 4.03. The van der Waals surface area contributed by atoms with E-state index in [1.807, 2.05) is 0 Å². The summed E-state index contributed by atoms with van der Waals surface area (Å²) in [7, 11) is 0. The van der Waals surface area contributed by atoms with E-state index in [4.69, 9.17) is 11.6 Å². The van der Waals surface area contributed by atoms with Gasteiger partial charge in [0.05, 0.1) is 23.0 Å². The Morgan fingerprint density at radius 1 is 1.24 bits per heavy atom. The van der Waals surface area contributed by atoms with Crippen LogP contribution in [0, 0.1) is 19.7 Å². The predicted octanol–water partition coefficient (Wildman–Crippen LogP) is 2.57. The quantitative estimate of drug-likeness (QED) is 0.756. The lowest BCUT2D eigenvalue weighted by atomic mass is 10.2. The number of nitrogens with one attached hydrogen (secondary N) is 1. The molecule has 1 amide bonds. The first kappa shape index (κ1) is 17.1. The number of anilines is 1. The van der Waals surface area contributed by atoms with E-state index in [-0.39, 0.29) is 24.2 Å². The smallest absolute Gasteiger partial charge is 0.248 e. The molecule has 0 atom stereocenters. The van der Waals surface area contributed by atoms with Crippen molar-refractivity contribution in [1.29, 1.82) is 0 Å². The number of carbonyl (C=O) groups excluding carboxylic acids is 1. The molecule has 9 heteroatoms. The van der Waals surface area contributed by atoms with Crippen molar-refractivity contribution >= 4 is 23.5 Å². The zero-order valence-corrected chi connectivity index (χ0v) is 14.5. The van der Waals surface area contributed by atoms with E-state index >= 15 is 0 Å². The van der Waals surface area contributed by atoms with Crippen LogP contribution in [0.3, 0.4) is 0 Å². The second kappa shape index (κ2) is 7.02. The number of hydrogen-bond acceptors (Lipinski definition) is 4. The summed E-state index contributed by atoms with van der Waals surface area (Å²) in [5.74, 6) is -0.402. The van der Waals surface area contributed by atoms with E-state index in [1.165, 1.54) is 23.1 Å². The van der Waals surface area contributed by atoms with Gasteiger partial charge in [0.1, 0.15) is 18.7 Å². The standard InChI is InChI=1S/C16H16ClFN6O/c1-10-15(17)11(2)24(21-10)8-14(25)20-16-19-9-23(22-16)7-12-3-5-13(18)6-4-12/h3-6,9H,7-8H2,1-2H3,(H,20,22,25). The highest BCUT2D eigenvalue weighted by Gasteiger charge is 2.13. The minimum absolute atomic E-state index is 0.0197. The molecule has 0 aliphatic carbocycles. The van der Waals surface area contributed by atoms with Crippen LogP contribution in [-0.2, 0) is 17.9 Å². The van der Waals surface area contributed by atoms with E-state index in [1.54, 1.807) is 30.7 Å². The molecule has 0 radical (unpaired) electrons. The normalized spacial score (nSPS) is 10.9. The van der Waals surface area contributed by atoms with Crippen LogP contribution in [0.4, 0.5) is 10.3 Å². The molecular weight excluding hydrogens is 347 g/mol. The second-order valence-electron chi connectivity index (χ2n) is 5.58. The van der Waals surface area contributed by atoms with Crippen molar-refractivity contribution < 1.29 is 9.18 Å². The highest BCUT2D eigenvalue weighted by atomic mass is 35.5. The van der Waals surface area contributed by atoms with Crippen LogP contribution in [0.15, 0.2) is 30.6 Å². The molecule has 0 saturated carbocycles. The summed E-state index contributed by atoms with van der Waals surface area (Å²) in [6.07, 6.45) is 1.50. The lowest BCUT2D eigenvalue weighted by Gasteiger charge is -2.04. The van der Waals surface area contributed by atoms with Gasteiger partial charge in [-0.05, 0) is 31.5 Å². The summed E-state index contributed by atoms with van der Waals surface area (Å²) in [4.78, 5) is 16.2. The number of halogens is 2. The molecule has 0 bridgehead atoms. The first-order valence-electron chi connectivity index (χ1n) is 7.55. The predicted molar refractivity (Wildman–Crippen MR) is 90.9 cm³/mol. The fourth-order valence-electron chi connectivity index (χ4n) is 2.33. The van der Waals surface area contributed by atoms with Crippen molar-refractivity contribution in [3.05, 3.63) is 58.4 Å². The summed E-state index contributed by atoms with van der Waals surface area (Å²) in [5.41, 5.74) is 2.28. The van der Waals surface area contributed by atoms with E-state index in [2.05, 4.69) is 20.5 Å². The van der Waals surface area contributed by atoms with Gasteiger partial charge in [0.2, 0.25) is 11.9 Å². The molecule has 130 valence electrons. The molecule has 2 aromatic heterocycles. The summed E-state index contributed by atoms with van der Waals surface area (Å²) in [6, 6.07) is 6.10. The van der Waals surface area contributed by atoms with E-state index in [0.717, 1.165) is 11.3 Å². The minimum atomic E-state index is -0.304. The van der Waals surface area contributed by atoms with Crippen LogP contribution in [0.2, 0.25) is 5.02 Å². The Bertz CT molecular complexity index is 902. The number of amides is 1. The first-order chi connectivity index (χ1) is 11.9. The summed E-state index contributed by atoms with van der Waals surface area (Å²) >= 11 is 6.07. The van der Waals surface area contributed by atoms with Crippen LogP contribution in [0.25, 0.3) is 0 Å². The molecule has 0 aliphatic rings. The number of aromatic nitrogens is 5. The van der Waals surface area contributed by atoms with Gasteiger partial charge < -0.3 is 0 Å². The largest absolute Gasteiger partial charge is 0.292 e. The molecule has 7 nitrogen and oxygen atoms in total. The first-order valence-corrected chi connectivity index (χ1v) is 7.93. The zero-order chi connectivity index (χ0) is 18.0. The Labute approximate surface area is 148 Å². The summed E-state index contributed by atoms with van der Waals surface area (Å²) in [6.45, 7) is 4.02. The maximum atomic E-state index is 12.9. The van der Waals surface area contributed by atoms with Gasteiger partial charge in [-0.25, -0.2) is 14.1 Å². The summed E-state index contributed by atoms with van der Waals surface area (Å²) in [5, 5.41) is 11.6. The lowest BCUT2D eigenvalue weighted by molar-refractivity contribution is -0.117. The maximum Gasteiger partial charge on any atom is 0.248 e.